The minimum atomic E-state index is 0.804. The Kier molecular flexibility index (Phi) is 1.22. The Hall–Kier alpha value is -0.460. The van der Waals surface area contributed by atoms with Gasteiger partial charge in [-0.15, -0.1) is 0 Å². The number of rotatable bonds is 0. The molecule has 0 unspecified atom stereocenters. The number of hydrogen-bond acceptors (Lipinski definition) is 1. The smallest absolute Gasteiger partial charge is 0.0319 e. The van der Waals surface area contributed by atoms with Gasteiger partial charge >= 0.3 is 0 Å². The monoisotopic (exact) mass is 123 g/mol. The Morgan fingerprint density at radius 3 is 3.00 bits per heavy atom. The van der Waals surface area contributed by atoms with Crippen molar-refractivity contribution < 1.29 is 0 Å². The van der Waals surface area contributed by atoms with E-state index < -0.39 is 0 Å². The second kappa shape index (κ2) is 2.05. The van der Waals surface area contributed by atoms with E-state index in [0.29, 0.717) is 0 Å². The fourth-order valence-corrected chi connectivity index (χ4v) is 1.90. The summed E-state index contributed by atoms with van der Waals surface area (Å²) in [5.41, 5.74) is 0. The zero-order valence-corrected chi connectivity index (χ0v) is 5.64. The second-order valence-electron chi connectivity index (χ2n) is 3.08. The van der Waals surface area contributed by atoms with Crippen LogP contribution in [0.2, 0.25) is 0 Å². The van der Waals surface area contributed by atoms with Crippen molar-refractivity contribution in [3.63, 3.8) is 0 Å². The Morgan fingerprint density at radius 2 is 2.11 bits per heavy atom. The number of nitrogens with one attached hydrogen (secondary N) is 1. The van der Waals surface area contributed by atoms with Crippen molar-refractivity contribution >= 4 is 0 Å². The first-order valence-electron chi connectivity index (χ1n) is 3.89. The van der Waals surface area contributed by atoms with Crippen LogP contribution in [0, 0.1) is 5.92 Å². The van der Waals surface area contributed by atoms with Gasteiger partial charge in [0.15, 0.2) is 0 Å². The zero-order chi connectivity index (χ0) is 6.10. The zero-order valence-electron chi connectivity index (χ0n) is 5.64. The van der Waals surface area contributed by atoms with Gasteiger partial charge in [-0.25, -0.2) is 0 Å². The van der Waals surface area contributed by atoms with Crippen LogP contribution in [0.3, 0.4) is 0 Å². The fraction of sp³-hybridized carbons (Fsp3) is 0.750. The molecule has 1 fully saturated rings. The van der Waals surface area contributed by atoms with Crippen LogP contribution in [-0.4, -0.2) is 6.04 Å². The third-order valence-electron chi connectivity index (χ3n) is 2.47. The lowest BCUT2D eigenvalue weighted by molar-refractivity contribution is 0.351. The number of fused-ring (bicyclic) bond motifs is 1. The molecule has 1 N–H and O–H groups in total. The molecule has 0 bridgehead atoms. The van der Waals surface area contributed by atoms with E-state index in [1.54, 1.807) is 0 Å². The van der Waals surface area contributed by atoms with Gasteiger partial charge in [-0.05, 0) is 25.0 Å². The van der Waals surface area contributed by atoms with Crippen LogP contribution >= 0.6 is 0 Å². The van der Waals surface area contributed by atoms with E-state index in [9.17, 15) is 0 Å². The quantitative estimate of drug-likeness (QED) is 0.516. The topological polar surface area (TPSA) is 12.0 Å². The van der Waals surface area contributed by atoms with Crippen molar-refractivity contribution in [3.05, 3.63) is 12.3 Å². The molecule has 1 heterocycles. The van der Waals surface area contributed by atoms with E-state index in [4.69, 9.17) is 0 Å². The molecule has 9 heavy (non-hydrogen) atoms. The second-order valence-corrected chi connectivity index (χ2v) is 3.08. The summed E-state index contributed by atoms with van der Waals surface area (Å²) in [5.74, 6) is 0.874. The van der Waals surface area contributed by atoms with E-state index in [0.717, 1.165) is 12.0 Å². The van der Waals surface area contributed by atoms with Crippen molar-refractivity contribution in [3.8, 4) is 0 Å². The van der Waals surface area contributed by atoms with Gasteiger partial charge in [-0.1, -0.05) is 18.9 Å². The van der Waals surface area contributed by atoms with Crippen molar-refractivity contribution in [2.24, 2.45) is 5.92 Å². The van der Waals surface area contributed by atoms with E-state index >= 15 is 0 Å². The molecule has 1 saturated carbocycles. The Morgan fingerprint density at radius 1 is 1.22 bits per heavy atom. The molecule has 1 aliphatic carbocycles. The summed E-state index contributed by atoms with van der Waals surface area (Å²) in [5, 5.41) is 3.38. The molecule has 0 aromatic heterocycles. The average molecular weight is 123 g/mol. The van der Waals surface area contributed by atoms with Gasteiger partial charge in [-0.2, -0.15) is 0 Å². The Balaban J connectivity index is 2.03. The minimum Gasteiger partial charge on any atom is -0.388 e. The van der Waals surface area contributed by atoms with Crippen LogP contribution in [-0.2, 0) is 0 Å². The van der Waals surface area contributed by atoms with Gasteiger partial charge in [0, 0.05) is 6.04 Å². The van der Waals surface area contributed by atoms with Gasteiger partial charge in [0.1, 0.15) is 0 Å². The molecule has 0 saturated heterocycles. The third-order valence-corrected chi connectivity index (χ3v) is 2.47. The average Bonchev–Trinajstić information content (AvgIpc) is 2.33. The predicted octanol–water partition coefficient (Wildman–Crippen LogP) is 1.66. The van der Waals surface area contributed by atoms with Crippen LogP contribution < -0.4 is 5.32 Å². The van der Waals surface area contributed by atoms with Gasteiger partial charge in [0.05, 0.1) is 0 Å². The van der Waals surface area contributed by atoms with Crippen LogP contribution in [0.4, 0.5) is 0 Å². The Bertz CT molecular complexity index is 129. The van der Waals surface area contributed by atoms with Crippen LogP contribution in [0.1, 0.15) is 25.7 Å². The van der Waals surface area contributed by atoms with E-state index in [-0.39, 0.29) is 0 Å². The maximum absolute atomic E-state index is 3.38. The summed E-state index contributed by atoms with van der Waals surface area (Å²) in [4.78, 5) is 0. The van der Waals surface area contributed by atoms with Crippen molar-refractivity contribution in [2.75, 3.05) is 0 Å². The molecule has 1 aliphatic heterocycles. The molecule has 0 aromatic carbocycles. The molecule has 2 atom stereocenters. The van der Waals surface area contributed by atoms with Crippen molar-refractivity contribution in [1.82, 2.24) is 5.32 Å². The molecule has 2 aliphatic rings. The van der Waals surface area contributed by atoms with E-state index in [2.05, 4.69) is 17.6 Å². The maximum Gasteiger partial charge on any atom is 0.0319 e. The van der Waals surface area contributed by atoms with Gasteiger partial charge in [0.25, 0.3) is 0 Å². The predicted molar refractivity (Wildman–Crippen MR) is 38.0 cm³/mol. The molecular formula is C8H13N. The normalized spacial score (nSPS) is 40.0. The fourth-order valence-electron chi connectivity index (χ4n) is 1.90. The first-order chi connectivity index (χ1) is 4.47. The van der Waals surface area contributed by atoms with Crippen LogP contribution in [0.25, 0.3) is 0 Å². The lowest BCUT2D eigenvalue weighted by atomic mass is 9.86. The molecule has 0 radical (unpaired) electrons. The van der Waals surface area contributed by atoms with Crippen LogP contribution in [0.5, 0.6) is 0 Å². The number of hydrogen-bond donors (Lipinski definition) is 1. The molecule has 0 amide bonds. The summed E-state index contributed by atoms with van der Waals surface area (Å²) in [6, 6.07) is 0.804. The van der Waals surface area contributed by atoms with Gasteiger partial charge in [-0.3, -0.25) is 0 Å². The summed E-state index contributed by atoms with van der Waals surface area (Å²) >= 11 is 0. The van der Waals surface area contributed by atoms with Crippen molar-refractivity contribution in [1.29, 1.82) is 0 Å². The van der Waals surface area contributed by atoms with E-state index in [1.165, 1.54) is 25.7 Å². The van der Waals surface area contributed by atoms with E-state index in [1.807, 2.05) is 0 Å². The van der Waals surface area contributed by atoms with Crippen LogP contribution in [0.15, 0.2) is 12.3 Å². The molecular weight excluding hydrogens is 110 g/mol. The molecule has 50 valence electrons. The molecule has 1 nitrogen and oxygen atoms in total. The van der Waals surface area contributed by atoms with Gasteiger partial charge in [0.2, 0.25) is 0 Å². The standard InChI is InChI=1S/C8H13N/c1-2-4-8-7(3-1)5-6-9-8/h5-9H,1-4H2/t7-,8+/m1/s1. The van der Waals surface area contributed by atoms with Gasteiger partial charge < -0.3 is 5.32 Å². The first-order valence-corrected chi connectivity index (χ1v) is 3.89. The molecule has 0 spiro atoms. The lowest BCUT2D eigenvalue weighted by Gasteiger charge is -2.24. The highest BCUT2D eigenvalue weighted by molar-refractivity contribution is 5.03. The SMILES string of the molecule is C1=C[C@H]2CCCC[C@@H]2N1. The summed E-state index contributed by atoms with van der Waals surface area (Å²) in [7, 11) is 0. The highest BCUT2D eigenvalue weighted by atomic mass is 14.9. The highest BCUT2D eigenvalue weighted by Gasteiger charge is 2.24. The third kappa shape index (κ3) is 0.846. The molecule has 2 rings (SSSR count). The van der Waals surface area contributed by atoms with Crippen molar-refractivity contribution in [2.45, 2.75) is 31.7 Å². The summed E-state index contributed by atoms with van der Waals surface area (Å²) < 4.78 is 0. The summed E-state index contributed by atoms with van der Waals surface area (Å²) in [6.45, 7) is 0. The Labute approximate surface area is 56.1 Å². The maximum atomic E-state index is 3.38. The minimum absolute atomic E-state index is 0.804. The molecule has 0 aromatic rings. The molecule has 1 heteroatoms. The first kappa shape index (κ1) is 5.33. The lowest BCUT2D eigenvalue weighted by Crippen LogP contribution is -2.29. The highest BCUT2D eigenvalue weighted by Crippen LogP contribution is 2.27. The summed E-state index contributed by atoms with van der Waals surface area (Å²) in [6.07, 6.45) is 10.1. The largest absolute Gasteiger partial charge is 0.388 e.